The number of aromatic nitrogens is 2. The van der Waals surface area contributed by atoms with Crippen LogP contribution in [0.5, 0.6) is 0 Å². The lowest BCUT2D eigenvalue weighted by Gasteiger charge is -2.13. The Labute approximate surface area is 115 Å². The Morgan fingerprint density at radius 1 is 1.05 bits per heavy atom. The average Bonchev–Trinajstić information content (AvgIpc) is 2.38. The SMILES string of the molecule is CCCc1c(NC)ncnc1-c1cc(C)cc(C)c1. The van der Waals surface area contributed by atoms with Crippen LogP contribution < -0.4 is 5.32 Å². The molecule has 0 radical (unpaired) electrons. The van der Waals surface area contributed by atoms with E-state index in [4.69, 9.17) is 0 Å². The van der Waals surface area contributed by atoms with E-state index in [1.54, 1.807) is 6.33 Å². The van der Waals surface area contributed by atoms with E-state index in [1.807, 2.05) is 7.05 Å². The second-order valence-electron chi connectivity index (χ2n) is 4.93. The molecule has 2 rings (SSSR count). The van der Waals surface area contributed by atoms with Crippen LogP contribution in [0, 0.1) is 13.8 Å². The summed E-state index contributed by atoms with van der Waals surface area (Å²) in [4.78, 5) is 8.83. The van der Waals surface area contributed by atoms with Gasteiger partial charge >= 0.3 is 0 Å². The molecule has 0 amide bonds. The molecule has 3 heteroatoms. The van der Waals surface area contributed by atoms with Crippen molar-refractivity contribution >= 4 is 5.82 Å². The minimum Gasteiger partial charge on any atom is -0.373 e. The molecule has 0 unspecified atom stereocenters. The number of hydrogen-bond acceptors (Lipinski definition) is 3. The van der Waals surface area contributed by atoms with E-state index in [1.165, 1.54) is 22.3 Å². The highest BCUT2D eigenvalue weighted by molar-refractivity contribution is 5.69. The van der Waals surface area contributed by atoms with Crippen LogP contribution in [-0.4, -0.2) is 17.0 Å². The van der Waals surface area contributed by atoms with E-state index >= 15 is 0 Å². The average molecular weight is 255 g/mol. The summed E-state index contributed by atoms with van der Waals surface area (Å²) >= 11 is 0. The summed E-state index contributed by atoms with van der Waals surface area (Å²) in [6, 6.07) is 6.56. The number of nitrogens with one attached hydrogen (secondary N) is 1. The molecule has 3 nitrogen and oxygen atoms in total. The van der Waals surface area contributed by atoms with Gasteiger partial charge in [-0.25, -0.2) is 9.97 Å². The van der Waals surface area contributed by atoms with Gasteiger partial charge in [0.05, 0.1) is 5.69 Å². The summed E-state index contributed by atoms with van der Waals surface area (Å²) in [5, 5.41) is 3.17. The van der Waals surface area contributed by atoms with Crippen molar-refractivity contribution in [1.29, 1.82) is 0 Å². The van der Waals surface area contributed by atoms with Crippen LogP contribution in [0.1, 0.15) is 30.0 Å². The van der Waals surface area contributed by atoms with E-state index in [0.29, 0.717) is 0 Å². The maximum Gasteiger partial charge on any atom is 0.132 e. The predicted octanol–water partition coefficient (Wildman–Crippen LogP) is 3.75. The zero-order valence-corrected chi connectivity index (χ0v) is 12.1. The highest BCUT2D eigenvalue weighted by atomic mass is 15.0. The second kappa shape index (κ2) is 5.83. The summed E-state index contributed by atoms with van der Waals surface area (Å²) < 4.78 is 0. The molecule has 0 spiro atoms. The van der Waals surface area contributed by atoms with E-state index in [2.05, 4.69) is 54.3 Å². The number of hydrogen-bond donors (Lipinski definition) is 1. The lowest BCUT2D eigenvalue weighted by Crippen LogP contribution is -2.03. The monoisotopic (exact) mass is 255 g/mol. The molecule has 1 aromatic heterocycles. The molecule has 1 heterocycles. The van der Waals surface area contributed by atoms with Gasteiger partial charge in [0.2, 0.25) is 0 Å². The summed E-state index contributed by atoms with van der Waals surface area (Å²) in [5.41, 5.74) is 5.97. The first-order chi connectivity index (χ1) is 9.15. The number of anilines is 1. The summed E-state index contributed by atoms with van der Waals surface area (Å²) in [6.07, 6.45) is 3.71. The molecule has 1 N–H and O–H groups in total. The van der Waals surface area contributed by atoms with Gasteiger partial charge in [-0.3, -0.25) is 0 Å². The zero-order chi connectivity index (χ0) is 13.8. The van der Waals surface area contributed by atoms with E-state index < -0.39 is 0 Å². The topological polar surface area (TPSA) is 37.8 Å². The smallest absolute Gasteiger partial charge is 0.132 e. The Morgan fingerprint density at radius 2 is 1.74 bits per heavy atom. The van der Waals surface area contributed by atoms with Gasteiger partial charge < -0.3 is 5.32 Å². The van der Waals surface area contributed by atoms with Crippen molar-refractivity contribution in [2.75, 3.05) is 12.4 Å². The standard InChI is InChI=1S/C16H21N3/c1-5-6-14-15(18-10-19-16(14)17-4)13-8-11(2)7-12(3)9-13/h7-10H,5-6H2,1-4H3,(H,17,18,19). The Bertz CT molecular complexity index is 556. The zero-order valence-electron chi connectivity index (χ0n) is 12.1. The van der Waals surface area contributed by atoms with Crippen LogP contribution in [0.2, 0.25) is 0 Å². The first-order valence-electron chi connectivity index (χ1n) is 6.76. The maximum atomic E-state index is 4.51. The Balaban J connectivity index is 2.60. The fourth-order valence-corrected chi connectivity index (χ4v) is 2.47. The van der Waals surface area contributed by atoms with Crippen LogP contribution in [0.15, 0.2) is 24.5 Å². The Morgan fingerprint density at radius 3 is 2.32 bits per heavy atom. The lowest BCUT2D eigenvalue weighted by molar-refractivity contribution is 0.905. The molecule has 2 aromatic rings. The molecule has 0 saturated heterocycles. The fourth-order valence-electron chi connectivity index (χ4n) is 2.47. The lowest BCUT2D eigenvalue weighted by atomic mass is 9.99. The fraction of sp³-hybridized carbons (Fsp3) is 0.375. The van der Waals surface area contributed by atoms with Gasteiger partial charge in [0, 0.05) is 18.2 Å². The van der Waals surface area contributed by atoms with Gasteiger partial charge in [-0.05, 0) is 32.4 Å². The van der Waals surface area contributed by atoms with Crippen molar-refractivity contribution in [3.05, 3.63) is 41.2 Å². The molecule has 0 bridgehead atoms. The molecule has 0 atom stereocenters. The van der Waals surface area contributed by atoms with Gasteiger partial charge in [-0.2, -0.15) is 0 Å². The molecule has 0 aliphatic heterocycles. The maximum absolute atomic E-state index is 4.51. The number of rotatable bonds is 4. The molecule has 100 valence electrons. The Hall–Kier alpha value is -1.90. The van der Waals surface area contributed by atoms with Crippen LogP contribution in [-0.2, 0) is 6.42 Å². The highest BCUT2D eigenvalue weighted by Gasteiger charge is 2.12. The van der Waals surface area contributed by atoms with Crippen LogP contribution in [0.3, 0.4) is 0 Å². The van der Waals surface area contributed by atoms with Gasteiger partial charge in [0.25, 0.3) is 0 Å². The van der Waals surface area contributed by atoms with Crippen molar-refractivity contribution in [1.82, 2.24) is 9.97 Å². The first-order valence-corrected chi connectivity index (χ1v) is 6.76. The molecule has 1 aromatic carbocycles. The molecule has 19 heavy (non-hydrogen) atoms. The van der Waals surface area contributed by atoms with Crippen LogP contribution >= 0.6 is 0 Å². The number of benzene rings is 1. The summed E-state index contributed by atoms with van der Waals surface area (Å²) in [5.74, 6) is 0.936. The number of nitrogens with zero attached hydrogens (tertiary/aromatic N) is 2. The van der Waals surface area contributed by atoms with Crippen LogP contribution in [0.4, 0.5) is 5.82 Å². The van der Waals surface area contributed by atoms with Gasteiger partial charge in [0.1, 0.15) is 12.1 Å². The van der Waals surface area contributed by atoms with Gasteiger partial charge in [0.15, 0.2) is 0 Å². The normalized spacial score (nSPS) is 10.5. The van der Waals surface area contributed by atoms with Gasteiger partial charge in [-0.1, -0.05) is 30.5 Å². The van der Waals surface area contributed by atoms with E-state index in [0.717, 1.165) is 24.4 Å². The minimum atomic E-state index is 0.936. The highest BCUT2D eigenvalue weighted by Crippen LogP contribution is 2.28. The summed E-state index contributed by atoms with van der Waals surface area (Å²) in [6.45, 7) is 6.42. The third-order valence-electron chi connectivity index (χ3n) is 3.18. The largest absolute Gasteiger partial charge is 0.373 e. The molecule has 0 fully saturated rings. The van der Waals surface area contributed by atoms with Crippen molar-refractivity contribution in [2.45, 2.75) is 33.6 Å². The molecule has 0 aliphatic carbocycles. The van der Waals surface area contributed by atoms with Crippen molar-refractivity contribution in [3.8, 4) is 11.3 Å². The van der Waals surface area contributed by atoms with E-state index in [9.17, 15) is 0 Å². The van der Waals surface area contributed by atoms with Crippen molar-refractivity contribution < 1.29 is 0 Å². The Kier molecular flexibility index (Phi) is 4.15. The minimum absolute atomic E-state index is 0.936. The number of aryl methyl sites for hydroxylation is 2. The van der Waals surface area contributed by atoms with Gasteiger partial charge in [-0.15, -0.1) is 0 Å². The predicted molar refractivity (Wildman–Crippen MR) is 80.5 cm³/mol. The molecular weight excluding hydrogens is 234 g/mol. The quantitative estimate of drug-likeness (QED) is 0.904. The third-order valence-corrected chi connectivity index (χ3v) is 3.18. The molecular formula is C16H21N3. The molecule has 0 saturated carbocycles. The first kappa shape index (κ1) is 13.5. The second-order valence-corrected chi connectivity index (χ2v) is 4.93. The van der Waals surface area contributed by atoms with Crippen molar-refractivity contribution in [3.63, 3.8) is 0 Å². The molecule has 0 aliphatic rings. The summed E-state index contributed by atoms with van der Waals surface area (Å²) in [7, 11) is 1.91. The third kappa shape index (κ3) is 2.92. The van der Waals surface area contributed by atoms with E-state index in [-0.39, 0.29) is 0 Å². The van der Waals surface area contributed by atoms with Crippen LogP contribution in [0.25, 0.3) is 11.3 Å². The van der Waals surface area contributed by atoms with Crippen molar-refractivity contribution in [2.24, 2.45) is 0 Å².